The lowest BCUT2D eigenvalue weighted by atomic mass is 10.1. The number of phenols is 1. The molecule has 3 rings (SSSR count). The fourth-order valence-electron chi connectivity index (χ4n) is 2.11. The molecule has 0 aliphatic carbocycles. The number of para-hydroxylation sites is 2. The standard InChI is InChI=1S/C15H11NO3/c17-12-8-4-2-6-10(12)13-15(19)14(18)9-5-1-3-7-11(9)16-13/h1-8,17,19H,(H,16,18). The molecule has 0 radical (unpaired) electrons. The Morgan fingerprint density at radius 1 is 0.895 bits per heavy atom. The van der Waals surface area contributed by atoms with Crippen LogP contribution < -0.4 is 5.43 Å². The maximum absolute atomic E-state index is 12.1. The predicted octanol–water partition coefficient (Wildman–Crippen LogP) is 2.61. The summed E-state index contributed by atoms with van der Waals surface area (Å²) in [6.45, 7) is 0. The smallest absolute Gasteiger partial charge is 0.231 e. The van der Waals surface area contributed by atoms with Crippen molar-refractivity contribution in [3.05, 3.63) is 58.8 Å². The quantitative estimate of drug-likeness (QED) is 0.624. The number of hydrogen-bond acceptors (Lipinski definition) is 3. The summed E-state index contributed by atoms with van der Waals surface area (Å²) in [5.41, 5.74) is 0.779. The summed E-state index contributed by atoms with van der Waals surface area (Å²) in [4.78, 5) is 15.1. The molecule has 4 heteroatoms. The number of nitrogens with one attached hydrogen (secondary N) is 1. The van der Waals surface area contributed by atoms with E-state index in [0.29, 0.717) is 16.5 Å². The Balaban J connectivity index is 2.40. The van der Waals surface area contributed by atoms with Crippen molar-refractivity contribution in [3.63, 3.8) is 0 Å². The van der Waals surface area contributed by atoms with E-state index in [0.717, 1.165) is 0 Å². The van der Waals surface area contributed by atoms with E-state index < -0.39 is 5.43 Å². The van der Waals surface area contributed by atoms with Gasteiger partial charge in [0.25, 0.3) is 0 Å². The van der Waals surface area contributed by atoms with Crippen LogP contribution in [0.4, 0.5) is 0 Å². The van der Waals surface area contributed by atoms with Gasteiger partial charge in [-0.1, -0.05) is 24.3 Å². The highest BCUT2D eigenvalue weighted by atomic mass is 16.3. The number of aromatic nitrogens is 1. The van der Waals surface area contributed by atoms with Gasteiger partial charge in [-0.3, -0.25) is 4.79 Å². The summed E-state index contributed by atoms with van der Waals surface area (Å²) < 4.78 is 0. The third-order valence-electron chi connectivity index (χ3n) is 3.06. The Hall–Kier alpha value is -2.75. The van der Waals surface area contributed by atoms with Crippen LogP contribution in [0.3, 0.4) is 0 Å². The number of benzene rings is 2. The third kappa shape index (κ3) is 1.74. The van der Waals surface area contributed by atoms with Gasteiger partial charge in [0.05, 0.1) is 5.69 Å². The molecule has 0 aliphatic rings. The van der Waals surface area contributed by atoms with Crippen LogP contribution in [0.25, 0.3) is 22.2 Å². The molecule has 0 saturated carbocycles. The van der Waals surface area contributed by atoms with Gasteiger partial charge < -0.3 is 15.2 Å². The minimum absolute atomic E-state index is 0.00345. The van der Waals surface area contributed by atoms with Crippen LogP contribution in [0, 0.1) is 0 Å². The van der Waals surface area contributed by atoms with E-state index >= 15 is 0 Å². The van der Waals surface area contributed by atoms with Gasteiger partial charge in [0, 0.05) is 16.5 Å². The van der Waals surface area contributed by atoms with Crippen LogP contribution in [0.15, 0.2) is 53.3 Å². The molecule has 19 heavy (non-hydrogen) atoms. The van der Waals surface area contributed by atoms with Crippen LogP contribution in [0.2, 0.25) is 0 Å². The van der Waals surface area contributed by atoms with E-state index in [1.165, 1.54) is 6.07 Å². The van der Waals surface area contributed by atoms with Gasteiger partial charge >= 0.3 is 0 Å². The Bertz CT molecular complexity index is 821. The number of H-pyrrole nitrogens is 1. The molecule has 0 aliphatic heterocycles. The van der Waals surface area contributed by atoms with Gasteiger partial charge in [-0.25, -0.2) is 0 Å². The first-order chi connectivity index (χ1) is 9.18. The van der Waals surface area contributed by atoms with Gasteiger partial charge in [0.2, 0.25) is 5.43 Å². The summed E-state index contributed by atoms with van der Waals surface area (Å²) in [6.07, 6.45) is 0. The summed E-state index contributed by atoms with van der Waals surface area (Å²) in [7, 11) is 0. The molecule has 3 aromatic rings. The minimum atomic E-state index is -0.451. The molecule has 1 aromatic heterocycles. The molecule has 0 atom stereocenters. The van der Waals surface area contributed by atoms with Crippen molar-refractivity contribution in [1.82, 2.24) is 4.98 Å². The monoisotopic (exact) mass is 253 g/mol. The van der Waals surface area contributed by atoms with Crippen molar-refractivity contribution in [2.75, 3.05) is 0 Å². The zero-order valence-electron chi connectivity index (χ0n) is 9.92. The third-order valence-corrected chi connectivity index (χ3v) is 3.06. The van der Waals surface area contributed by atoms with Crippen molar-refractivity contribution in [1.29, 1.82) is 0 Å². The fourth-order valence-corrected chi connectivity index (χ4v) is 2.11. The Morgan fingerprint density at radius 2 is 1.58 bits per heavy atom. The molecular weight excluding hydrogens is 242 g/mol. The second-order valence-corrected chi connectivity index (χ2v) is 4.24. The van der Waals surface area contributed by atoms with Crippen molar-refractivity contribution in [2.45, 2.75) is 0 Å². The molecule has 0 amide bonds. The number of rotatable bonds is 1. The van der Waals surface area contributed by atoms with E-state index in [-0.39, 0.29) is 17.2 Å². The number of aromatic amines is 1. The molecule has 0 saturated heterocycles. The van der Waals surface area contributed by atoms with Gasteiger partial charge in [-0.15, -0.1) is 0 Å². The van der Waals surface area contributed by atoms with Crippen molar-refractivity contribution in [3.8, 4) is 22.8 Å². The Kier molecular flexibility index (Phi) is 2.49. The highest BCUT2D eigenvalue weighted by Crippen LogP contribution is 2.32. The van der Waals surface area contributed by atoms with Gasteiger partial charge in [-0.2, -0.15) is 0 Å². The van der Waals surface area contributed by atoms with Gasteiger partial charge in [0.1, 0.15) is 5.75 Å². The first kappa shape index (κ1) is 11.3. The Labute approximate surface area is 108 Å². The van der Waals surface area contributed by atoms with Gasteiger partial charge in [0.15, 0.2) is 5.75 Å². The Morgan fingerprint density at radius 3 is 2.37 bits per heavy atom. The molecule has 1 heterocycles. The first-order valence-electron chi connectivity index (χ1n) is 5.81. The molecule has 3 N–H and O–H groups in total. The lowest BCUT2D eigenvalue weighted by Gasteiger charge is -2.08. The van der Waals surface area contributed by atoms with Crippen molar-refractivity contribution < 1.29 is 10.2 Å². The lowest BCUT2D eigenvalue weighted by Crippen LogP contribution is -2.04. The predicted molar refractivity (Wildman–Crippen MR) is 73.3 cm³/mol. The topological polar surface area (TPSA) is 73.3 Å². The molecular formula is C15H11NO3. The first-order valence-corrected chi connectivity index (χ1v) is 5.81. The average Bonchev–Trinajstić information content (AvgIpc) is 2.44. The van der Waals surface area contributed by atoms with Crippen molar-refractivity contribution in [2.24, 2.45) is 0 Å². The normalized spacial score (nSPS) is 10.7. The molecule has 94 valence electrons. The van der Waals surface area contributed by atoms with Crippen molar-refractivity contribution >= 4 is 10.9 Å². The fraction of sp³-hybridized carbons (Fsp3) is 0. The van der Waals surface area contributed by atoms with E-state index in [1.54, 1.807) is 42.5 Å². The number of aromatic hydroxyl groups is 2. The number of hydrogen-bond donors (Lipinski definition) is 3. The highest BCUT2D eigenvalue weighted by molar-refractivity contribution is 5.85. The molecule has 0 unspecified atom stereocenters. The maximum Gasteiger partial charge on any atom is 0.231 e. The zero-order valence-corrected chi connectivity index (χ0v) is 9.92. The second-order valence-electron chi connectivity index (χ2n) is 4.24. The van der Waals surface area contributed by atoms with E-state index in [4.69, 9.17) is 0 Å². The largest absolute Gasteiger partial charge is 0.507 e. The summed E-state index contributed by atoms with van der Waals surface area (Å²) in [5.74, 6) is -0.385. The number of fused-ring (bicyclic) bond motifs is 1. The molecule has 0 fully saturated rings. The number of pyridine rings is 1. The highest BCUT2D eigenvalue weighted by Gasteiger charge is 2.14. The second kappa shape index (κ2) is 4.17. The zero-order chi connectivity index (χ0) is 13.4. The molecule has 4 nitrogen and oxygen atoms in total. The molecule has 0 bridgehead atoms. The number of phenolic OH excluding ortho intramolecular Hbond substituents is 1. The van der Waals surface area contributed by atoms with Crippen LogP contribution in [-0.2, 0) is 0 Å². The van der Waals surface area contributed by atoms with Crippen LogP contribution in [0.5, 0.6) is 11.5 Å². The van der Waals surface area contributed by atoms with Crippen LogP contribution >= 0.6 is 0 Å². The van der Waals surface area contributed by atoms with Crippen LogP contribution in [0.1, 0.15) is 0 Å². The molecule has 0 spiro atoms. The lowest BCUT2D eigenvalue weighted by molar-refractivity contribution is 0.465. The summed E-state index contributed by atoms with van der Waals surface area (Å²) in [6, 6.07) is 13.5. The minimum Gasteiger partial charge on any atom is -0.507 e. The average molecular weight is 253 g/mol. The maximum atomic E-state index is 12.1. The van der Waals surface area contributed by atoms with E-state index in [2.05, 4.69) is 4.98 Å². The van der Waals surface area contributed by atoms with E-state index in [1.807, 2.05) is 0 Å². The van der Waals surface area contributed by atoms with E-state index in [9.17, 15) is 15.0 Å². The summed E-state index contributed by atoms with van der Waals surface area (Å²) in [5, 5.41) is 20.3. The van der Waals surface area contributed by atoms with Gasteiger partial charge in [-0.05, 0) is 24.3 Å². The van der Waals surface area contributed by atoms with Crippen LogP contribution in [-0.4, -0.2) is 15.2 Å². The molecule has 2 aromatic carbocycles. The summed E-state index contributed by atoms with van der Waals surface area (Å²) >= 11 is 0. The SMILES string of the molecule is O=c1c(O)c(-c2ccccc2O)[nH]c2ccccc12.